The fourth-order valence-electron chi connectivity index (χ4n) is 4.07. The third-order valence-electron chi connectivity index (χ3n) is 5.55. The quantitative estimate of drug-likeness (QED) is 0.694. The molecular formula is C24H18N2O3. The van der Waals surface area contributed by atoms with E-state index >= 15 is 0 Å². The van der Waals surface area contributed by atoms with Gasteiger partial charge in [-0.05, 0) is 13.0 Å². The van der Waals surface area contributed by atoms with Crippen molar-refractivity contribution in [2.75, 3.05) is 5.32 Å². The number of oxime groups is 1. The first-order chi connectivity index (χ1) is 14.1. The van der Waals surface area contributed by atoms with Gasteiger partial charge in [0.15, 0.2) is 5.78 Å². The third kappa shape index (κ3) is 2.51. The van der Waals surface area contributed by atoms with Crippen LogP contribution in [0.15, 0.2) is 84.0 Å². The minimum Gasteiger partial charge on any atom is -0.373 e. The zero-order chi connectivity index (χ0) is 20.0. The van der Waals surface area contributed by atoms with Crippen LogP contribution in [0.4, 0.5) is 5.69 Å². The highest BCUT2D eigenvalue weighted by Gasteiger charge is 2.63. The number of benzene rings is 3. The van der Waals surface area contributed by atoms with E-state index in [4.69, 9.17) is 4.84 Å². The fourth-order valence-corrected chi connectivity index (χ4v) is 4.07. The lowest BCUT2D eigenvalue weighted by Gasteiger charge is -2.26. The van der Waals surface area contributed by atoms with Crippen molar-refractivity contribution in [3.8, 4) is 0 Å². The van der Waals surface area contributed by atoms with Crippen LogP contribution < -0.4 is 5.32 Å². The molecule has 5 nitrogen and oxygen atoms in total. The topological polar surface area (TPSA) is 67.8 Å². The zero-order valence-electron chi connectivity index (χ0n) is 15.8. The molecule has 0 fully saturated rings. The van der Waals surface area contributed by atoms with Gasteiger partial charge < -0.3 is 10.2 Å². The van der Waals surface area contributed by atoms with Crippen molar-refractivity contribution in [1.29, 1.82) is 0 Å². The Kier molecular flexibility index (Phi) is 3.84. The number of anilines is 1. The summed E-state index contributed by atoms with van der Waals surface area (Å²) in [5.41, 5.74) is 2.60. The summed E-state index contributed by atoms with van der Waals surface area (Å²) in [5, 5.41) is 7.14. The molecular weight excluding hydrogens is 364 g/mol. The number of carbonyl (C=O) groups excluding carboxylic acids is 2. The van der Waals surface area contributed by atoms with Crippen LogP contribution >= 0.6 is 0 Å². The highest BCUT2D eigenvalue weighted by atomic mass is 16.7. The van der Waals surface area contributed by atoms with E-state index in [1.165, 1.54) is 0 Å². The van der Waals surface area contributed by atoms with Crippen molar-refractivity contribution >= 4 is 23.1 Å². The normalized spacial score (nSPS) is 22.0. The number of hydrogen-bond donors (Lipinski definition) is 1. The molecule has 142 valence electrons. The maximum atomic E-state index is 13.7. The van der Waals surface area contributed by atoms with Crippen molar-refractivity contribution in [3.05, 3.63) is 101 Å². The van der Waals surface area contributed by atoms with E-state index in [1.807, 2.05) is 55.5 Å². The molecule has 3 aromatic carbocycles. The van der Waals surface area contributed by atoms with Crippen LogP contribution in [0.1, 0.15) is 27.0 Å². The van der Waals surface area contributed by atoms with Gasteiger partial charge in [-0.1, -0.05) is 83.5 Å². The molecule has 0 aliphatic carbocycles. The zero-order valence-corrected chi connectivity index (χ0v) is 15.8. The van der Waals surface area contributed by atoms with Gasteiger partial charge in [0.25, 0.3) is 11.5 Å². The first-order valence-corrected chi connectivity index (χ1v) is 9.44. The van der Waals surface area contributed by atoms with Crippen molar-refractivity contribution in [1.82, 2.24) is 0 Å². The van der Waals surface area contributed by atoms with Crippen LogP contribution in [0.3, 0.4) is 0 Å². The second-order valence-corrected chi connectivity index (χ2v) is 7.33. The van der Waals surface area contributed by atoms with Gasteiger partial charge in [0.05, 0.1) is 0 Å². The Morgan fingerprint density at radius 2 is 1.66 bits per heavy atom. The molecule has 5 rings (SSSR count). The monoisotopic (exact) mass is 382 g/mol. The number of hydrogen-bond acceptors (Lipinski definition) is 4. The Morgan fingerprint density at radius 3 is 2.41 bits per heavy atom. The van der Waals surface area contributed by atoms with Gasteiger partial charge in [-0.2, -0.15) is 0 Å². The van der Waals surface area contributed by atoms with Gasteiger partial charge in [0.1, 0.15) is 11.6 Å². The number of rotatable bonds is 3. The number of nitrogens with zero attached hydrogens (tertiary/aromatic N) is 1. The Bertz CT molecular complexity index is 1150. The van der Waals surface area contributed by atoms with Crippen LogP contribution in [0.2, 0.25) is 0 Å². The number of para-hydroxylation sites is 1. The van der Waals surface area contributed by atoms with E-state index < -0.39 is 11.5 Å². The summed E-state index contributed by atoms with van der Waals surface area (Å²) in [6, 6.07) is 24.0. The standard InChI is InChI=1S/C24H18N2O3/c1-15-11-13-16(14-12-15)21-20(22(27)17-7-3-2-4-8-17)24(29-26-21)18-9-5-6-10-19(18)25-23(24)28/h2-14,20H,1H3,(H,25,28)/t20-,24-/m0/s1. The highest BCUT2D eigenvalue weighted by molar-refractivity contribution is 6.24. The summed E-state index contributed by atoms with van der Waals surface area (Å²) in [5.74, 6) is -1.47. The van der Waals surface area contributed by atoms with E-state index in [9.17, 15) is 9.59 Å². The van der Waals surface area contributed by atoms with E-state index in [1.54, 1.807) is 30.3 Å². The van der Waals surface area contributed by atoms with Gasteiger partial charge in [-0.15, -0.1) is 0 Å². The van der Waals surface area contributed by atoms with Crippen molar-refractivity contribution in [3.63, 3.8) is 0 Å². The van der Waals surface area contributed by atoms with Crippen molar-refractivity contribution < 1.29 is 14.4 Å². The molecule has 0 aromatic heterocycles. The Labute approximate surface area is 168 Å². The van der Waals surface area contributed by atoms with Crippen LogP contribution in [0.5, 0.6) is 0 Å². The SMILES string of the molecule is Cc1ccc(C2=NO[C@]3(C(=O)Nc4ccccc43)[C@@H]2C(=O)c2ccccc2)cc1. The summed E-state index contributed by atoms with van der Waals surface area (Å²) in [6.45, 7) is 1.99. The van der Waals surface area contributed by atoms with Crippen LogP contribution in [-0.2, 0) is 15.2 Å². The molecule has 0 saturated heterocycles. The molecule has 2 aliphatic rings. The molecule has 0 bridgehead atoms. The van der Waals surface area contributed by atoms with E-state index in [-0.39, 0.29) is 11.7 Å². The number of carbonyl (C=O) groups is 2. The predicted octanol–water partition coefficient (Wildman–Crippen LogP) is 4.08. The second-order valence-electron chi connectivity index (χ2n) is 7.33. The number of ketones is 1. The summed E-state index contributed by atoms with van der Waals surface area (Å²) in [6.07, 6.45) is 0. The van der Waals surface area contributed by atoms with Gasteiger partial charge >= 0.3 is 0 Å². The average molecular weight is 382 g/mol. The molecule has 0 radical (unpaired) electrons. The van der Waals surface area contributed by atoms with Crippen molar-refractivity contribution in [2.24, 2.45) is 11.1 Å². The number of amides is 1. The molecule has 29 heavy (non-hydrogen) atoms. The minimum absolute atomic E-state index is 0.200. The third-order valence-corrected chi connectivity index (χ3v) is 5.55. The molecule has 0 saturated carbocycles. The number of Topliss-reactive ketones (excluding diaryl/α,β-unsaturated/α-hetero) is 1. The summed E-state index contributed by atoms with van der Waals surface area (Å²) in [4.78, 5) is 32.7. The van der Waals surface area contributed by atoms with Gasteiger partial charge in [0.2, 0.25) is 0 Å². The Morgan fingerprint density at radius 1 is 0.966 bits per heavy atom. The second kappa shape index (κ2) is 6.41. The summed E-state index contributed by atoms with van der Waals surface area (Å²) < 4.78 is 0. The minimum atomic E-state index is -1.51. The molecule has 2 atom stereocenters. The smallest absolute Gasteiger partial charge is 0.277 e. The lowest BCUT2D eigenvalue weighted by Crippen LogP contribution is -2.46. The van der Waals surface area contributed by atoms with Gasteiger partial charge in [0, 0.05) is 22.4 Å². The molecule has 3 aromatic rings. The van der Waals surface area contributed by atoms with Gasteiger partial charge in [-0.3, -0.25) is 9.59 Å². The molecule has 1 spiro atoms. The number of fused-ring (bicyclic) bond motifs is 2. The predicted molar refractivity (Wildman–Crippen MR) is 110 cm³/mol. The van der Waals surface area contributed by atoms with E-state index in [0.717, 1.165) is 11.1 Å². The summed E-state index contributed by atoms with van der Waals surface area (Å²) in [7, 11) is 0. The average Bonchev–Trinajstić information content (AvgIpc) is 3.28. The Balaban J connectivity index is 1.70. The molecule has 1 amide bonds. The molecule has 2 aliphatic heterocycles. The maximum absolute atomic E-state index is 13.7. The largest absolute Gasteiger partial charge is 0.373 e. The number of aryl methyl sites for hydroxylation is 1. The highest BCUT2D eigenvalue weighted by Crippen LogP contribution is 2.49. The van der Waals surface area contributed by atoms with Crippen molar-refractivity contribution in [2.45, 2.75) is 12.5 Å². The van der Waals surface area contributed by atoms with E-state index in [2.05, 4.69) is 10.5 Å². The molecule has 0 unspecified atom stereocenters. The molecule has 2 heterocycles. The Hall–Kier alpha value is -3.73. The van der Waals surface area contributed by atoms with Gasteiger partial charge in [-0.25, -0.2) is 0 Å². The van der Waals surface area contributed by atoms with Crippen LogP contribution in [0.25, 0.3) is 0 Å². The molecule has 5 heteroatoms. The number of nitrogens with one attached hydrogen (secondary N) is 1. The lowest BCUT2D eigenvalue weighted by atomic mass is 9.74. The summed E-state index contributed by atoms with van der Waals surface area (Å²) >= 11 is 0. The van der Waals surface area contributed by atoms with E-state index in [0.29, 0.717) is 22.5 Å². The first kappa shape index (κ1) is 17.4. The van der Waals surface area contributed by atoms with Crippen LogP contribution in [0, 0.1) is 12.8 Å². The lowest BCUT2D eigenvalue weighted by molar-refractivity contribution is -0.140. The first-order valence-electron chi connectivity index (χ1n) is 9.44. The maximum Gasteiger partial charge on any atom is 0.277 e. The fraction of sp³-hybridized carbons (Fsp3) is 0.125. The molecule has 1 N–H and O–H groups in total. The van der Waals surface area contributed by atoms with Crippen LogP contribution in [-0.4, -0.2) is 17.4 Å².